The summed E-state index contributed by atoms with van der Waals surface area (Å²) in [7, 11) is 1.72. The van der Waals surface area contributed by atoms with Gasteiger partial charge in [0.1, 0.15) is 0 Å². The van der Waals surface area contributed by atoms with E-state index in [0.717, 1.165) is 5.56 Å². The zero-order chi connectivity index (χ0) is 17.4. The largest absolute Gasteiger partial charge is 0.481 e. The Bertz CT molecular complexity index is 788. The lowest BCUT2D eigenvalue weighted by Crippen LogP contribution is -2.30. The van der Waals surface area contributed by atoms with Crippen molar-refractivity contribution in [2.24, 2.45) is 13.0 Å². The van der Waals surface area contributed by atoms with Gasteiger partial charge in [-0.15, -0.1) is 0 Å². The predicted octanol–water partition coefficient (Wildman–Crippen LogP) is 2.32. The summed E-state index contributed by atoms with van der Waals surface area (Å²) in [5.74, 6) is -2.10. The minimum atomic E-state index is -0.901. The fourth-order valence-corrected chi connectivity index (χ4v) is 3.37. The first-order valence-corrected chi connectivity index (χ1v) is 8.04. The Balaban J connectivity index is 1.89. The van der Waals surface area contributed by atoms with Crippen LogP contribution >= 0.6 is 11.6 Å². The monoisotopic (exact) mass is 347 g/mol. The number of hydrogen-bond donors (Lipinski definition) is 1. The summed E-state index contributed by atoms with van der Waals surface area (Å²) in [6, 6.07) is 9.42. The van der Waals surface area contributed by atoms with Crippen LogP contribution in [0.5, 0.6) is 0 Å². The molecule has 0 radical (unpaired) electrons. The number of carboxylic acids is 1. The first-order valence-electron chi connectivity index (χ1n) is 7.66. The summed E-state index contributed by atoms with van der Waals surface area (Å²) in [4.78, 5) is 25.9. The number of aryl methyl sites for hydroxylation is 1. The number of likely N-dealkylation sites (tertiary alicyclic amines) is 1. The van der Waals surface area contributed by atoms with Crippen LogP contribution in [-0.2, 0) is 11.8 Å². The van der Waals surface area contributed by atoms with Gasteiger partial charge >= 0.3 is 5.97 Å². The highest BCUT2D eigenvalue weighted by atomic mass is 35.5. The number of carbonyl (C=O) groups is 2. The molecule has 1 N–H and O–H groups in total. The van der Waals surface area contributed by atoms with E-state index < -0.39 is 11.9 Å². The van der Waals surface area contributed by atoms with E-state index in [1.807, 2.05) is 30.3 Å². The van der Waals surface area contributed by atoms with E-state index in [0.29, 0.717) is 17.3 Å². The fourth-order valence-electron chi connectivity index (χ4n) is 3.13. The molecule has 0 aliphatic carbocycles. The molecule has 126 valence electrons. The van der Waals surface area contributed by atoms with Crippen LogP contribution in [0.25, 0.3) is 0 Å². The van der Waals surface area contributed by atoms with Crippen molar-refractivity contribution < 1.29 is 14.7 Å². The third kappa shape index (κ3) is 2.78. The minimum Gasteiger partial charge on any atom is -0.481 e. The van der Waals surface area contributed by atoms with Gasteiger partial charge in [-0.3, -0.25) is 14.3 Å². The first kappa shape index (κ1) is 16.5. The van der Waals surface area contributed by atoms with E-state index in [-0.39, 0.29) is 24.1 Å². The number of benzene rings is 1. The number of aliphatic carboxylic acids is 1. The van der Waals surface area contributed by atoms with E-state index in [2.05, 4.69) is 5.10 Å². The molecular weight excluding hydrogens is 330 g/mol. The normalized spacial score (nSPS) is 20.4. The van der Waals surface area contributed by atoms with Gasteiger partial charge in [0.2, 0.25) is 0 Å². The molecule has 0 saturated carbocycles. The maximum Gasteiger partial charge on any atom is 0.308 e. The summed E-state index contributed by atoms with van der Waals surface area (Å²) in [6.07, 6.45) is 0. The van der Waals surface area contributed by atoms with Gasteiger partial charge in [0.25, 0.3) is 5.91 Å². The second kappa shape index (κ2) is 6.28. The number of carbonyl (C=O) groups excluding carboxylic acids is 1. The zero-order valence-corrected chi connectivity index (χ0v) is 14.2. The van der Waals surface area contributed by atoms with Crippen LogP contribution in [0.4, 0.5) is 0 Å². The SMILES string of the molecule is Cc1c(Cl)c(C(=O)N2CC(C(=O)O)C(c3ccccc3)C2)nn1C. The fraction of sp³-hybridized carbons (Fsp3) is 0.353. The lowest BCUT2D eigenvalue weighted by molar-refractivity contribution is -0.141. The maximum absolute atomic E-state index is 12.8. The van der Waals surface area contributed by atoms with Crippen LogP contribution in [0.3, 0.4) is 0 Å². The molecule has 2 heterocycles. The summed E-state index contributed by atoms with van der Waals surface area (Å²) in [6.45, 7) is 2.27. The van der Waals surface area contributed by atoms with Crippen molar-refractivity contribution in [1.29, 1.82) is 0 Å². The highest BCUT2D eigenvalue weighted by Gasteiger charge is 2.41. The molecule has 1 amide bonds. The molecule has 2 unspecified atom stereocenters. The Morgan fingerprint density at radius 2 is 1.92 bits per heavy atom. The lowest BCUT2D eigenvalue weighted by Gasteiger charge is -2.15. The van der Waals surface area contributed by atoms with Crippen molar-refractivity contribution >= 4 is 23.5 Å². The number of carboxylic acid groups (broad SMARTS) is 1. The molecule has 6 nitrogen and oxygen atoms in total. The minimum absolute atomic E-state index is 0.152. The van der Waals surface area contributed by atoms with Crippen LogP contribution in [-0.4, -0.2) is 44.8 Å². The van der Waals surface area contributed by atoms with Crippen molar-refractivity contribution in [3.63, 3.8) is 0 Å². The van der Waals surface area contributed by atoms with Gasteiger partial charge in [0, 0.05) is 26.1 Å². The standard InChI is InChI=1S/C17H18ClN3O3/c1-10-14(18)15(19-20(10)2)16(22)21-8-12(13(9-21)17(23)24)11-6-4-3-5-7-11/h3-7,12-13H,8-9H2,1-2H3,(H,23,24). The Morgan fingerprint density at radius 3 is 2.46 bits per heavy atom. The van der Waals surface area contributed by atoms with Crippen LogP contribution in [0.15, 0.2) is 30.3 Å². The van der Waals surface area contributed by atoms with Gasteiger partial charge in [-0.25, -0.2) is 0 Å². The molecule has 1 aliphatic heterocycles. The number of nitrogens with zero attached hydrogens (tertiary/aromatic N) is 3. The molecule has 3 rings (SSSR count). The van der Waals surface area contributed by atoms with Gasteiger partial charge in [-0.1, -0.05) is 41.9 Å². The number of hydrogen-bond acceptors (Lipinski definition) is 3. The summed E-state index contributed by atoms with van der Waals surface area (Å²) in [5, 5.41) is 14.0. The van der Waals surface area contributed by atoms with Gasteiger partial charge in [0.05, 0.1) is 16.6 Å². The molecule has 0 bridgehead atoms. The number of amides is 1. The molecule has 1 aliphatic rings. The van der Waals surface area contributed by atoms with Gasteiger partial charge < -0.3 is 10.0 Å². The molecule has 1 aromatic carbocycles. The van der Waals surface area contributed by atoms with Crippen LogP contribution in [0, 0.1) is 12.8 Å². The molecule has 1 fully saturated rings. The molecular formula is C17H18ClN3O3. The molecule has 0 spiro atoms. The van der Waals surface area contributed by atoms with E-state index in [1.54, 1.807) is 18.7 Å². The Morgan fingerprint density at radius 1 is 1.25 bits per heavy atom. The number of rotatable bonds is 3. The van der Waals surface area contributed by atoms with Gasteiger partial charge in [0.15, 0.2) is 5.69 Å². The molecule has 7 heteroatoms. The third-order valence-electron chi connectivity index (χ3n) is 4.62. The van der Waals surface area contributed by atoms with Crippen molar-refractivity contribution in [1.82, 2.24) is 14.7 Å². The zero-order valence-electron chi connectivity index (χ0n) is 13.4. The molecule has 24 heavy (non-hydrogen) atoms. The topological polar surface area (TPSA) is 75.4 Å². The van der Waals surface area contributed by atoms with Crippen LogP contribution in [0.1, 0.15) is 27.7 Å². The van der Waals surface area contributed by atoms with E-state index >= 15 is 0 Å². The summed E-state index contributed by atoms with van der Waals surface area (Å²) in [5.41, 5.74) is 1.80. The molecule has 1 saturated heterocycles. The van der Waals surface area contributed by atoms with E-state index in [4.69, 9.17) is 11.6 Å². The Labute approximate surface area is 144 Å². The van der Waals surface area contributed by atoms with Crippen LogP contribution < -0.4 is 0 Å². The predicted molar refractivity (Wildman–Crippen MR) is 89.2 cm³/mol. The van der Waals surface area contributed by atoms with Crippen molar-refractivity contribution in [3.05, 3.63) is 52.3 Å². The summed E-state index contributed by atoms with van der Waals surface area (Å²) < 4.78 is 1.55. The molecule has 1 aromatic heterocycles. The maximum atomic E-state index is 12.8. The van der Waals surface area contributed by atoms with E-state index in [1.165, 1.54) is 4.90 Å². The number of aromatic nitrogens is 2. The van der Waals surface area contributed by atoms with Gasteiger partial charge in [-0.05, 0) is 12.5 Å². The second-order valence-electron chi connectivity index (χ2n) is 6.04. The first-order chi connectivity index (χ1) is 11.4. The third-order valence-corrected chi connectivity index (χ3v) is 5.07. The smallest absolute Gasteiger partial charge is 0.308 e. The van der Waals surface area contributed by atoms with Crippen molar-refractivity contribution in [3.8, 4) is 0 Å². The van der Waals surface area contributed by atoms with E-state index in [9.17, 15) is 14.7 Å². The summed E-state index contributed by atoms with van der Waals surface area (Å²) >= 11 is 6.19. The Kier molecular flexibility index (Phi) is 4.32. The lowest BCUT2D eigenvalue weighted by atomic mass is 9.89. The molecule has 2 atom stereocenters. The van der Waals surface area contributed by atoms with Gasteiger partial charge in [-0.2, -0.15) is 5.10 Å². The quantitative estimate of drug-likeness (QED) is 0.924. The van der Waals surface area contributed by atoms with Crippen LogP contribution in [0.2, 0.25) is 5.02 Å². The average Bonchev–Trinajstić information content (AvgIpc) is 3.13. The molecule has 2 aromatic rings. The van der Waals surface area contributed by atoms with Crippen molar-refractivity contribution in [2.75, 3.05) is 13.1 Å². The van der Waals surface area contributed by atoms with Crippen molar-refractivity contribution in [2.45, 2.75) is 12.8 Å². The average molecular weight is 348 g/mol. The Hall–Kier alpha value is -2.34. The highest BCUT2D eigenvalue weighted by molar-refractivity contribution is 6.34. The highest BCUT2D eigenvalue weighted by Crippen LogP contribution is 2.34. The number of halogens is 1. The second-order valence-corrected chi connectivity index (χ2v) is 6.42.